The molecular weight excluding hydrogens is 407 g/mol. The van der Waals surface area contributed by atoms with Crippen LogP contribution in [-0.4, -0.2) is 33.2 Å². The van der Waals surface area contributed by atoms with Crippen LogP contribution in [0.25, 0.3) is 11.4 Å². The maximum atomic E-state index is 14.2. The highest BCUT2D eigenvalue weighted by atomic mass is 32.2. The molecule has 0 unspecified atom stereocenters. The maximum Gasteiger partial charge on any atom is 0.231 e. The molecule has 0 fully saturated rings. The Hall–Kier alpha value is -3.33. The molecule has 1 amide bonds. The van der Waals surface area contributed by atoms with E-state index in [4.69, 9.17) is 9.47 Å². The number of benzene rings is 2. The van der Waals surface area contributed by atoms with Crippen molar-refractivity contribution in [2.75, 3.05) is 12.5 Å². The average Bonchev–Trinajstić information content (AvgIpc) is 3.38. The van der Waals surface area contributed by atoms with Gasteiger partial charge in [0, 0.05) is 13.1 Å². The van der Waals surface area contributed by atoms with Crippen molar-refractivity contribution >= 4 is 17.7 Å². The number of rotatable bonds is 8. The summed E-state index contributed by atoms with van der Waals surface area (Å²) < 4.78 is 26.5. The summed E-state index contributed by atoms with van der Waals surface area (Å²) >= 11 is 1.23. The summed E-state index contributed by atoms with van der Waals surface area (Å²) in [6.45, 7) is 4.72. The summed E-state index contributed by atoms with van der Waals surface area (Å²) in [5.41, 5.74) is 1.26. The minimum Gasteiger partial charge on any atom is -0.454 e. The summed E-state index contributed by atoms with van der Waals surface area (Å²) in [4.78, 5) is 12.3. The molecule has 1 aliphatic rings. The monoisotopic (exact) mass is 426 g/mol. The Morgan fingerprint density at radius 3 is 2.90 bits per heavy atom. The number of nitrogens with zero attached hydrogens (tertiary/aromatic N) is 3. The Labute approximate surface area is 176 Å². The zero-order valence-corrected chi connectivity index (χ0v) is 16.8. The Kier molecular flexibility index (Phi) is 5.99. The van der Waals surface area contributed by atoms with E-state index in [9.17, 15) is 9.18 Å². The molecule has 9 heteroatoms. The van der Waals surface area contributed by atoms with Crippen molar-refractivity contribution < 1.29 is 18.7 Å². The molecule has 4 rings (SSSR count). The first-order chi connectivity index (χ1) is 14.7. The van der Waals surface area contributed by atoms with Crippen LogP contribution in [0.5, 0.6) is 11.5 Å². The minimum atomic E-state index is -0.381. The van der Waals surface area contributed by atoms with E-state index in [1.54, 1.807) is 28.8 Å². The fraction of sp³-hybridized carbons (Fsp3) is 0.190. The molecule has 7 nitrogen and oxygen atoms in total. The van der Waals surface area contributed by atoms with E-state index in [1.165, 1.54) is 17.8 Å². The molecule has 3 aromatic rings. The van der Waals surface area contributed by atoms with Crippen LogP contribution >= 0.6 is 11.8 Å². The zero-order chi connectivity index (χ0) is 20.9. The first kappa shape index (κ1) is 20.0. The molecular formula is C21H19FN4O3S. The van der Waals surface area contributed by atoms with Gasteiger partial charge in [-0.05, 0) is 29.8 Å². The van der Waals surface area contributed by atoms with Gasteiger partial charge >= 0.3 is 0 Å². The summed E-state index contributed by atoms with van der Waals surface area (Å²) in [5.74, 6) is 1.39. The second-order valence-electron chi connectivity index (χ2n) is 6.44. The molecule has 1 aromatic heterocycles. The highest BCUT2D eigenvalue weighted by Gasteiger charge is 2.18. The number of carbonyl (C=O) groups is 1. The molecule has 2 aromatic carbocycles. The Morgan fingerprint density at radius 2 is 2.07 bits per heavy atom. The molecule has 0 saturated heterocycles. The standard InChI is InChI=1S/C21H19FN4O3S/c1-2-9-26-20(15-5-3-4-6-16(15)22)24-25-21(26)30-12-19(27)23-11-14-7-8-17-18(10-14)29-13-28-17/h2-8,10H,1,9,11-13H2,(H,23,27). The number of halogens is 1. The van der Waals surface area contributed by atoms with E-state index >= 15 is 0 Å². The van der Waals surface area contributed by atoms with E-state index in [-0.39, 0.29) is 24.3 Å². The highest BCUT2D eigenvalue weighted by Crippen LogP contribution is 2.32. The fourth-order valence-electron chi connectivity index (χ4n) is 2.96. The Morgan fingerprint density at radius 1 is 1.23 bits per heavy atom. The lowest BCUT2D eigenvalue weighted by molar-refractivity contribution is -0.118. The number of allylic oxidation sites excluding steroid dienone is 1. The molecule has 30 heavy (non-hydrogen) atoms. The highest BCUT2D eigenvalue weighted by molar-refractivity contribution is 7.99. The van der Waals surface area contributed by atoms with E-state index in [2.05, 4.69) is 22.1 Å². The molecule has 1 aliphatic heterocycles. The van der Waals surface area contributed by atoms with Crippen LogP contribution in [0.4, 0.5) is 4.39 Å². The van der Waals surface area contributed by atoms with Crippen molar-refractivity contribution in [1.82, 2.24) is 20.1 Å². The third-order valence-electron chi connectivity index (χ3n) is 4.40. The van der Waals surface area contributed by atoms with Crippen molar-refractivity contribution in [3.05, 3.63) is 66.5 Å². The van der Waals surface area contributed by atoms with Crippen LogP contribution in [-0.2, 0) is 17.9 Å². The normalized spacial score (nSPS) is 12.0. The van der Waals surface area contributed by atoms with Gasteiger partial charge in [0.05, 0.1) is 11.3 Å². The predicted molar refractivity (Wildman–Crippen MR) is 111 cm³/mol. The minimum absolute atomic E-state index is 0.150. The molecule has 0 aliphatic carbocycles. The topological polar surface area (TPSA) is 78.3 Å². The van der Waals surface area contributed by atoms with Gasteiger partial charge in [-0.15, -0.1) is 16.8 Å². The molecule has 0 saturated carbocycles. The van der Waals surface area contributed by atoms with Gasteiger partial charge in [-0.25, -0.2) is 4.39 Å². The number of hydrogen-bond acceptors (Lipinski definition) is 6. The third-order valence-corrected chi connectivity index (χ3v) is 5.37. The van der Waals surface area contributed by atoms with E-state index in [0.29, 0.717) is 41.1 Å². The third kappa shape index (κ3) is 4.30. The van der Waals surface area contributed by atoms with E-state index in [1.807, 2.05) is 18.2 Å². The number of thioether (sulfide) groups is 1. The molecule has 2 heterocycles. The van der Waals surface area contributed by atoms with E-state index in [0.717, 1.165) is 5.56 Å². The fourth-order valence-corrected chi connectivity index (χ4v) is 3.74. The second kappa shape index (κ2) is 9.00. The molecule has 0 radical (unpaired) electrons. The van der Waals surface area contributed by atoms with Gasteiger partial charge in [0.1, 0.15) is 5.82 Å². The second-order valence-corrected chi connectivity index (χ2v) is 7.38. The van der Waals surface area contributed by atoms with Gasteiger partial charge < -0.3 is 14.8 Å². The van der Waals surface area contributed by atoms with E-state index < -0.39 is 0 Å². The summed E-state index contributed by atoms with van der Waals surface area (Å²) in [6, 6.07) is 11.9. The van der Waals surface area contributed by atoms with Crippen LogP contribution in [0, 0.1) is 5.82 Å². The van der Waals surface area contributed by atoms with Crippen molar-refractivity contribution in [1.29, 1.82) is 0 Å². The maximum absolute atomic E-state index is 14.2. The first-order valence-electron chi connectivity index (χ1n) is 9.22. The molecule has 0 spiro atoms. The van der Waals surface area contributed by atoms with Crippen LogP contribution in [0.1, 0.15) is 5.56 Å². The van der Waals surface area contributed by atoms with Crippen LogP contribution in [0.15, 0.2) is 60.3 Å². The van der Waals surface area contributed by atoms with Gasteiger partial charge in [-0.2, -0.15) is 0 Å². The Bertz CT molecular complexity index is 1090. The lowest BCUT2D eigenvalue weighted by atomic mass is 10.2. The largest absolute Gasteiger partial charge is 0.454 e. The summed E-state index contributed by atoms with van der Waals surface area (Å²) in [6.07, 6.45) is 1.68. The number of nitrogens with one attached hydrogen (secondary N) is 1. The Balaban J connectivity index is 1.39. The first-order valence-corrected chi connectivity index (χ1v) is 10.2. The van der Waals surface area contributed by atoms with Crippen molar-refractivity contribution in [3.8, 4) is 22.9 Å². The quantitative estimate of drug-likeness (QED) is 0.439. The molecule has 0 atom stereocenters. The van der Waals surface area contributed by atoms with Gasteiger partial charge in [-0.1, -0.05) is 36.0 Å². The predicted octanol–water partition coefficient (Wildman–Crippen LogP) is 3.41. The molecule has 0 bridgehead atoms. The average molecular weight is 426 g/mol. The van der Waals surface area contributed by atoms with Gasteiger partial charge in [0.25, 0.3) is 0 Å². The number of aromatic nitrogens is 3. The van der Waals surface area contributed by atoms with Gasteiger partial charge in [0.2, 0.25) is 12.7 Å². The molecule has 1 N–H and O–H groups in total. The van der Waals surface area contributed by atoms with Crippen LogP contribution in [0.2, 0.25) is 0 Å². The summed E-state index contributed by atoms with van der Waals surface area (Å²) in [5, 5.41) is 11.6. The lowest BCUT2D eigenvalue weighted by Gasteiger charge is -2.09. The SMILES string of the molecule is C=CCn1c(SCC(=O)NCc2ccc3c(c2)OCO3)nnc1-c1ccccc1F. The summed E-state index contributed by atoms with van der Waals surface area (Å²) in [7, 11) is 0. The smallest absolute Gasteiger partial charge is 0.231 e. The van der Waals surface area contributed by atoms with Crippen molar-refractivity contribution in [2.24, 2.45) is 0 Å². The van der Waals surface area contributed by atoms with Crippen molar-refractivity contribution in [2.45, 2.75) is 18.2 Å². The number of ether oxygens (including phenoxy) is 2. The number of hydrogen-bond donors (Lipinski definition) is 1. The molecule has 154 valence electrons. The number of amides is 1. The van der Waals surface area contributed by atoms with Crippen LogP contribution in [0.3, 0.4) is 0 Å². The van der Waals surface area contributed by atoms with Gasteiger partial charge in [0.15, 0.2) is 22.5 Å². The number of carbonyl (C=O) groups excluding carboxylic acids is 1. The van der Waals surface area contributed by atoms with Crippen LogP contribution < -0.4 is 14.8 Å². The number of fused-ring (bicyclic) bond motifs is 1. The van der Waals surface area contributed by atoms with Crippen molar-refractivity contribution in [3.63, 3.8) is 0 Å². The van der Waals surface area contributed by atoms with Gasteiger partial charge in [-0.3, -0.25) is 9.36 Å². The zero-order valence-electron chi connectivity index (χ0n) is 16.0. The lowest BCUT2D eigenvalue weighted by Crippen LogP contribution is -2.24.